The number of nitrogens with two attached hydrogens (primary N) is 1. The monoisotopic (exact) mass is 459 g/mol. The Morgan fingerprint density at radius 3 is 2.74 bits per heavy atom. The van der Waals surface area contributed by atoms with Gasteiger partial charge in [0.2, 0.25) is 0 Å². The van der Waals surface area contributed by atoms with E-state index in [1.807, 2.05) is 37.3 Å². The van der Waals surface area contributed by atoms with E-state index in [0.717, 1.165) is 24.3 Å². The summed E-state index contributed by atoms with van der Waals surface area (Å²) in [4.78, 5) is 28.0. The van der Waals surface area contributed by atoms with Crippen LogP contribution >= 0.6 is 0 Å². The molecule has 3 aromatic rings. The van der Waals surface area contributed by atoms with Crippen LogP contribution in [0.1, 0.15) is 17.4 Å². The minimum absolute atomic E-state index is 0.0391. The van der Waals surface area contributed by atoms with Gasteiger partial charge in [0.05, 0.1) is 42.7 Å². The number of nitrogens with zero attached hydrogens (tertiary/aromatic N) is 4. The van der Waals surface area contributed by atoms with Gasteiger partial charge >= 0.3 is 0 Å². The summed E-state index contributed by atoms with van der Waals surface area (Å²) >= 11 is 0. The van der Waals surface area contributed by atoms with Gasteiger partial charge in [0.1, 0.15) is 11.9 Å². The fourth-order valence-corrected chi connectivity index (χ4v) is 3.59. The first kappa shape index (κ1) is 23.5. The van der Waals surface area contributed by atoms with E-state index in [2.05, 4.69) is 30.4 Å². The molecule has 0 spiro atoms. The van der Waals surface area contributed by atoms with Gasteiger partial charge in [0, 0.05) is 31.4 Å². The maximum atomic E-state index is 13.1. The number of aromatic nitrogens is 3. The number of hydrogen-bond donors (Lipinski definition) is 3. The summed E-state index contributed by atoms with van der Waals surface area (Å²) in [5.74, 6) is 0.277. The number of carbonyl (C=O) groups is 1. The van der Waals surface area contributed by atoms with Crippen molar-refractivity contribution >= 4 is 31.1 Å². The summed E-state index contributed by atoms with van der Waals surface area (Å²) in [6.07, 6.45) is 4.75. The molecular weight excluding hydrogens is 433 g/mol. The zero-order chi connectivity index (χ0) is 23.9. The highest BCUT2D eigenvalue weighted by atomic mass is 16.5. The molecule has 1 saturated heterocycles. The standard InChI is InChI=1S/C23H26BN7O3/c1-15(12-28-24)34-17-4-2-16(3-5-17)18-14-27-22(25)21(29-18)23(32)30-19-13-26-7-6-20(19)31-8-10-33-11-9-31/h2-7,13-15,28H,8-12H2,1H3,(H2,25,27)(H,30,32). The third-order valence-electron chi connectivity index (χ3n) is 5.31. The lowest BCUT2D eigenvalue weighted by molar-refractivity contribution is 0.102. The van der Waals surface area contributed by atoms with Crippen LogP contribution in [-0.2, 0) is 4.74 Å². The van der Waals surface area contributed by atoms with Crippen LogP contribution in [0.3, 0.4) is 0 Å². The van der Waals surface area contributed by atoms with Crippen molar-refractivity contribution in [3.05, 3.63) is 54.6 Å². The summed E-state index contributed by atoms with van der Waals surface area (Å²) in [5, 5.41) is 5.46. The summed E-state index contributed by atoms with van der Waals surface area (Å²) in [5.41, 5.74) is 8.76. The van der Waals surface area contributed by atoms with E-state index >= 15 is 0 Å². The zero-order valence-electron chi connectivity index (χ0n) is 18.9. The van der Waals surface area contributed by atoms with Crippen LogP contribution in [0.5, 0.6) is 5.75 Å². The van der Waals surface area contributed by atoms with E-state index < -0.39 is 5.91 Å². The van der Waals surface area contributed by atoms with Crippen molar-refractivity contribution in [3.8, 4) is 17.0 Å². The van der Waals surface area contributed by atoms with E-state index in [1.54, 1.807) is 12.4 Å². The number of carbonyl (C=O) groups excluding carboxylic acids is 1. The Balaban J connectivity index is 1.52. The molecule has 4 N–H and O–H groups in total. The van der Waals surface area contributed by atoms with Crippen LogP contribution in [0.2, 0.25) is 0 Å². The van der Waals surface area contributed by atoms with E-state index in [1.165, 1.54) is 6.20 Å². The smallest absolute Gasteiger partial charge is 0.278 e. The summed E-state index contributed by atoms with van der Waals surface area (Å²) in [6.45, 7) is 5.15. The number of benzene rings is 1. The van der Waals surface area contributed by atoms with Crippen molar-refractivity contribution in [2.75, 3.05) is 48.8 Å². The lowest BCUT2D eigenvalue weighted by Gasteiger charge is -2.30. The van der Waals surface area contributed by atoms with Crippen LogP contribution in [0, 0.1) is 0 Å². The van der Waals surface area contributed by atoms with E-state index in [-0.39, 0.29) is 17.6 Å². The molecule has 174 valence electrons. The number of rotatable bonds is 8. The lowest BCUT2D eigenvalue weighted by atomic mass is 10.1. The van der Waals surface area contributed by atoms with Gasteiger partial charge in [-0.3, -0.25) is 9.78 Å². The van der Waals surface area contributed by atoms with Gasteiger partial charge < -0.3 is 30.7 Å². The third kappa shape index (κ3) is 5.62. The minimum Gasteiger partial charge on any atom is -0.489 e. The highest BCUT2D eigenvalue weighted by Gasteiger charge is 2.20. The molecule has 0 bridgehead atoms. The zero-order valence-corrected chi connectivity index (χ0v) is 18.9. The van der Waals surface area contributed by atoms with Gasteiger partial charge in [0.15, 0.2) is 19.5 Å². The number of hydrogen-bond acceptors (Lipinski definition) is 9. The third-order valence-corrected chi connectivity index (χ3v) is 5.31. The molecule has 1 aromatic carbocycles. The number of nitrogen functional groups attached to an aromatic ring is 1. The Morgan fingerprint density at radius 1 is 1.24 bits per heavy atom. The second-order valence-electron chi connectivity index (χ2n) is 7.80. The molecule has 0 aliphatic carbocycles. The van der Waals surface area contributed by atoms with Crippen LogP contribution in [0.15, 0.2) is 48.9 Å². The predicted molar refractivity (Wildman–Crippen MR) is 131 cm³/mol. The molecule has 1 unspecified atom stereocenters. The SMILES string of the molecule is [B]NCC(C)Oc1ccc(-c2cnc(N)c(C(=O)Nc3cnccc3N3CCOCC3)n2)cc1. The number of morpholine rings is 1. The largest absolute Gasteiger partial charge is 0.489 e. The van der Waals surface area contributed by atoms with Gasteiger partial charge in [-0.05, 0) is 37.3 Å². The Kier molecular flexibility index (Phi) is 7.56. The normalized spacial score (nSPS) is 14.4. The van der Waals surface area contributed by atoms with E-state index in [0.29, 0.717) is 36.9 Å². The maximum Gasteiger partial charge on any atom is 0.278 e. The van der Waals surface area contributed by atoms with Crippen molar-refractivity contribution in [2.24, 2.45) is 0 Å². The molecule has 1 atom stereocenters. The van der Waals surface area contributed by atoms with E-state index in [4.69, 9.17) is 23.2 Å². The number of amides is 1. The molecule has 1 aliphatic rings. The molecule has 10 nitrogen and oxygen atoms in total. The van der Waals surface area contributed by atoms with E-state index in [9.17, 15) is 4.79 Å². The van der Waals surface area contributed by atoms with Crippen molar-refractivity contribution < 1.29 is 14.3 Å². The second-order valence-corrected chi connectivity index (χ2v) is 7.80. The van der Waals surface area contributed by atoms with Crippen LogP contribution in [0.25, 0.3) is 11.3 Å². The summed E-state index contributed by atoms with van der Waals surface area (Å²) < 4.78 is 11.2. The maximum absolute atomic E-state index is 13.1. The lowest BCUT2D eigenvalue weighted by Crippen LogP contribution is -2.36. The first-order valence-corrected chi connectivity index (χ1v) is 11.0. The molecule has 1 amide bonds. The van der Waals surface area contributed by atoms with Crippen LogP contribution < -0.4 is 25.9 Å². The van der Waals surface area contributed by atoms with Gasteiger partial charge in [-0.25, -0.2) is 9.97 Å². The van der Waals surface area contributed by atoms with Crippen molar-refractivity contribution in [3.63, 3.8) is 0 Å². The molecule has 2 radical (unpaired) electrons. The molecule has 1 fully saturated rings. The highest BCUT2D eigenvalue weighted by Crippen LogP contribution is 2.27. The van der Waals surface area contributed by atoms with Gasteiger partial charge in [0.25, 0.3) is 5.91 Å². The molecular formula is C23H26BN7O3. The molecule has 34 heavy (non-hydrogen) atoms. The quantitative estimate of drug-likeness (QED) is 0.431. The molecule has 4 rings (SSSR count). The first-order chi connectivity index (χ1) is 16.5. The Morgan fingerprint density at radius 2 is 2.00 bits per heavy atom. The number of anilines is 3. The topological polar surface area (TPSA) is 128 Å². The Labute approximate surface area is 199 Å². The highest BCUT2D eigenvalue weighted by molar-refractivity contribution is 6.07. The van der Waals surface area contributed by atoms with Crippen molar-refractivity contribution in [1.29, 1.82) is 0 Å². The minimum atomic E-state index is -0.461. The second kappa shape index (κ2) is 10.9. The average Bonchev–Trinajstić information content (AvgIpc) is 2.86. The van der Waals surface area contributed by atoms with Crippen LogP contribution in [0.4, 0.5) is 17.2 Å². The summed E-state index contributed by atoms with van der Waals surface area (Å²) in [6, 6.07) is 9.20. The molecule has 1 aliphatic heterocycles. The average molecular weight is 459 g/mol. The molecule has 3 heterocycles. The van der Waals surface area contributed by atoms with Crippen LogP contribution in [-0.4, -0.2) is 67.8 Å². The van der Waals surface area contributed by atoms with Crippen molar-refractivity contribution in [1.82, 2.24) is 20.2 Å². The Hall–Kier alpha value is -3.70. The molecule has 11 heteroatoms. The first-order valence-electron chi connectivity index (χ1n) is 11.0. The number of nitrogens with one attached hydrogen (secondary N) is 2. The van der Waals surface area contributed by atoms with Gasteiger partial charge in [-0.15, -0.1) is 0 Å². The molecule has 2 aromatic heterocycles. The Bertz CT molecular complexity index is 1120. The fourth-order valence-electron chi connectivity index (χ4n) is 3.59. The molecule has 0 saturated carbocycles. The summed E-state index contributed by atoms with van der Waals surface area (Å²) in [7, 11) is 5.33. The fraction of sp³-hybridized carbons (Fsp3) is 0.304. The predicted octanol–water partition coefficient (Wildman–Crippen LogP) is 1.65. The van der Waals surface area contributed by atoms with Crippen molar-refractivity contribution in [2.45, 2.75) is 13.0 Å². The number of pyridine rings is 1. The van der Waals surface area contributed by atoms with Gasteiger partial charge in [-0.2, -0.15) is 0 Å². The number of ether oxygens (including phenoxy) is 2. The van der Waals surface area contributed by atoms with Gasteiger partial charge in [-0.1, -0.05) is 0 Å².